The van der Waals surface area contributed by atoms with Gasteiger partial charge in [0, 0.05) is 5.56 Å². The number of hydrogen-bond acceptors (Lipinski definition) is 3. The number of aromatic nitrogens is 1. The van der Waals surface area contributed by atoms with Crippen molar-refractivity contribution in [2.75, 3.05) is 0 Å². The van der Waals surface area contributed by atoms with Crippen molar-refractivity contribution in [1.82, 2.24) is 4.98 Å². The average molecular weight is 293 g/mol. The molecule has 96 valence electrons. The van der Waals surface area contributed by atoms with Crippen LogP contribution in [-0.4, -0.2) is 4.98 Å². The lowest BCUT2D eigenvalue weighted by Crippen LogP contribution is -1.97. The summed E-state index contributed by atoms with van der Waals surface area (Å²) in [6.45, 7) is 0.320. The molecule has 0 aliphatic rings. The summed E-state index contributed by atoms with van der Waals surface area (Å²) < 4.78 is 5.60. The first-order valence-corrected chi connectivity index (χ1v) is 6.34. The molecule has 3 nitrogen and oxygen atoms in total. The van der Waals surface area contributed by atoms with Gasteiger partial charge in [0.2, 0.25) is 0 Å². The lowest BCUT2D eigenvalue weighted by atomic mass is 10.2. The molecule has 0 unspecified atom stereocenters. The van der Waals surface area contributed by atoms with Gasteiger partial charge in [-0.1, -0.05) is 35.3 Å². The number of ether oxygens (including phenoxy) is 1. The first-order valence-electron chi connectivity index (χ1n) is 5.58. The molecule has 0 N–H and O–H groups in total. The number of hydrogen-bond donors (Lipinski definition) is 0. The normalized spacial score (nSPS) is 9.95. The van der Waals surface area contributed by atoms with Crippen molar-refractivity contribution in [3.05, 3.63) is 57.8 Å². The van der Waals surface area contributed by atoms with E-state index in [1.54, 1.807) is 12.1 Å². The van der Waals surface area contributed by atoms with Crippen molar-refractivity contribution in [1.29, 1.82) is 5.26 Å². The molecule has 5 heteroatoms. The summed E-state index contributed by atoms with van der Waals surface area (Å²) in [6, 6.07) is 12.9. The van der Waals surface area contributed by atoms with E-state index < -0.39 is 0 Å². The molecular formula is C14H10Cl2N2O. The zero-order valence-corrected chi connectivity index (χ0v) is 11.4. The van der Waals surface area contributed by atoms with Gasteiger partial charge in [0.15, 0.2) is 0 Å². The molecule has 1 aromatic carbocycles. The van der Waals surface area contributed by atoms with Crippen molar-refractivity contribution in [3.63, 3.8) is 0 Å². The summed E-state index contributed by atoms with van der Waals surface area (Å²) in [4.78, 5) is 3.94. The third kappa shape index (κ3) is 3.85. The first-order chi connectivity index (χ1) is 9.19. The van der Waals surface area contributed by atoms with Gasteiger partial charge < -0.3 is 4.74 Å². The minimum atomic E-state index is 0.320. The Balaban J connectivity index is 2.00. The van der Waals surface area contributed by atoms with Crippen molar-refractivity contribution in [2.45, 2.75) is 13.0 Å². The van der Waals surface area contributed by atoms with Gasteiger partial charge in [0.05, 0.1) is 12.5 Å². The highest BCUT2D eigenvalue weighted by atomic mass is 35.5. The Morgan fingerprint density at radius 3 is 2.47 bits per heavy atom. The Kier molecular flexibility index (Phi) is 4.62. The van der Waals surface area contributed by atoms with Gasteiger partial charge in [-0.2, -0.15) is 5.26 Å². The SMILES string of the molecule is N#CCc1ccc(OCc2ccc(Cl)nc2Cl)cc1. The van der Waals surface area contributed by atoms with E-state index in [0.29, 0.717) is 29.1 Å². The van der Waals surface area contributed by atoms with E-state index in [1.807, 2.05) is 24.3 Å². The maximum absolute atomic E-state index is 8.58. The lowest BCUT2D eigenvalue weighted by Gasteiger charge is -2.07. The number of nitriles is 1. The highest BCUT2D eigenvalue weighted by Gasteiger charge is 2.04. The predicted octanol–water partition coefficient (Wildman–Crippen LogP) is 4.03. The number of benzene rings is 1. The number of nitrogens with zero attached hydrogens (tertiary/aromatic N) is 2. The molecule has 0 fully saturated rings. The predicted molar refractivity (Wildman–Crippen MR) is 74.3 cm³/mol. The molecule has 2 rings (SSSR count). The zero-order valence-electron chi connectivity index (χ0n) is 9.94. The minimum Gasteiger partial charge on any atom is -0.489 e. The Morgan fingerprint density at radius 2 is 1.84 bits per heavy atom. The van der Waals surface area contributed by atoms with Crippen LogP contribution in [0.2, 0.25) is 10.3 Å². The molecule has 0 spiro atoms. The first kappa shape index (κ1) is 13.7. The molecule has 1 heterocycles. The number of halogens is 2. The highest BCUT2D eigenvalue weighted by Crippen LogP contribution is 2.19. The Labute approximate surface area is 121 Å². The van der Waals surface area contributed by atoms with Gasteiger partial charge in [0.1, 0.15) is 22.7 Å². The third-order valence-corrected chi connectivity index (χ3v) is 3.03. The van der Waals surface area contributed by atoms with Gasteiger partial charge in [-0.05, 0) is 29.8 Å². The highest BCUT2D eigenvalue weighted by molar-refractivity contribution is 6.32. The molecule has 19 heavy (non-hydrogen) atoms. The minimum absolute atomic E-state index is 0.320. The third-order valence-electron chi connectivity index (χ3n) is 2.49. The van der Waals surface area contributed by atoms with Crippen LogP contribution >= 0.6 is 23.2 Å². The zero-order chi connectivity index (χ0) is 13.7. The summed E-state index contributed by atoms with van der Waals surface area (Å²) in [5.74, 6) is 0.715. The molecule has 2 aromatic rings. The largest absolute Gasteiger partial charge is 0.489 e. The molecule has 0 saturated heterocycles. The summed E-state index contributed by atoms with van der Waals surface area (Å²) in [6.07, 6.45) is 0.396. The topological polar surface area (TPSA) is 45.9 Å². The van der Waals surface area contributed by atoms with Crippen LogP contribution in [0.4, 0.5) is 0 Å². The fourth-order valence-corrected chi connectivity index (χ4v) is 1.90. The summed E-state index contributed by atoms with van der Waals surface area (Å²) in [7, 11) is 0. The quantitative estimate of drug-likeness (QED) is 0.799. The maximum Gasteiger partial charge on any atom is 0.137 e. The van der Waals surface area contributed by atoms with Gasteiger partial charge in [-0.25, -0.2) is 4.98 Å². The molecule has 0 bridgehead atoms. The summed E-state index contributed by atoms with van der Waals surface area (Å²) in [5.41, 5.74) is 1.73. The van der Waals surface area contributed by atoms with Crippen molar-refractivity contribution >= 4 is 23.2 Å². The monoisotopic (exact) mass is 292 g/mol. The van der Waals surface area contributed by atoms with Crippen molar-refractivity contribution in [2.24, 2.45) is 0 Å². The average Bonchev–Trinajstić information content (AvgIpc) is 2.40. The molecule has 1 aromatic heterocycles. The lowest BCUT2D eigenvalue weighted by molar-refractivity contribution is 0.306. The van der Waals surface area contributed by atoms with Crippen LogP contribution in [-0.2, 0) is 13.0 Å². The number of rotatable bonds is 4. The van der Waals surface area contributed by atoms with E-state index in [4.69, 9.17) is 33.2 Å². The Hall–Kier alpha value is -1.76. The molecule has 0 atom stereocenters. The number of pyridine rings is 1. The second-order valence-electron chi connectivity index (χ2n) is 3.85. The fraction of sp³-hybridized carbons (Fsp3) is 0.143. The second-order valence-corrected chi connectivity index (χ2v) is 4.60. The fourth-order valence-electron chi connectivity index (χ4n) is 1.50. The van der Waals surface area contributed by atoms with E-state index >= 15 is 0 Å². The van der Waals surface area contributed by atoms with E-state index in [0.717, 1.165) is 11.1 Å². The van der Waals surface area contributed by atoms with Gasteiger partial charge >= 0.3 is 0 Å². The Bertz CT molecular complexity index is 606. The molecule has 0 saturated carbocycles. The molecule has 0 amide bonds. The second kappa shape index (κ2) is 6.42. The smallest absolute Gasteiger partial charge is 0.137 e. The molecule has 0 radical (unpaired) electrons. The molecule has 0 aliphatic carbocycles. The van der Waals surface area contributed by atoms with Crippen LogP contribution in [0.5, 0.6) is 5.75 Å². The van der Waals surface area contributed by atoms with Gasteiger partial charge in [-0.15, -0.1) is 0 Å². The summed E-state index contributed by atoms with van der Waals surface area (Å²) >= 11 is 11.7. The van der Waals surface area contributed by atoms with Gasteiger partial charge in [0.25, 0.3) is 0 Å². The van der Waals surface area contributed by atoms with E-state index in [9.17, 15) is 0 Å². The van der Waals surface area contributed by atoms with E-state index in [1.165, 1.54) is 0 Å². The molecule has 0 aliphatic heterocycles. The standard InChI is InChI=1S/C14H10Cl2N2O/c15-13-6-3-11(14(16)18-13)9-19-12-4-1-10(2-5-12)7-8-17/h1-6H,7,9H2. The summed E-state index contributed by atoms with van der Waals surface area (Å²) in [5, 5.41) is 9.28. The van der Waals surface area contributed by atoms with E-state index in [-0.39, 0.29) is 0 Å². The van der Waals surface area contributed by atoms with Crippen LogP contribution in [0.3, 0.4) is 0 Å². The Morgan fingerprint density at radius 1 is 1.11 bits per heavy atom. The molecular weight excluding hydrogens is 283 g/mol. The van der Waals surface area contributed by atoms with Crippen molar-refractivity contribution in [3.8, 4) is 11.8 Å². The van der Waals surface area contributed by atoms with Gasteiger partial charge in [-0.3, -0.25) is 0 Å². The van der Waals surface area contributed by atoms with E-state index in [2.05, 4.69) is 11.1 Å². The van der Waals surface area contributed by atoms with Crippen LogP contribution in [0.25, 0.3) is 0 Å². The van der Waals surface area contributed by atoms with Crippen LogP contribution < -0.4 is 4.74 Å². The van der Waals surface area contributed by atoms with Crippen LogP contribution in [0.1, 0.15) is 11.1 Å². The maximum atomic E-state index is 8.58. The van der Waals surface area contributed by atoms with Crippen molar-refractivity contribution < 1.29 is 4.74 Å². The van der Waals surface area contributed by atoms with Crippen LogP contribution in [0.15, 0.2) is 36.4 Å². The van der Waals surface area contributed by atoms with Crippen LogP contribution in [0, 0.1) is 11.3 Å².